The first-order valence-electron chi connectivity index (χ1n) is 3.97. The summed E-state index contributed by atoms with van der Waals surface area (Å²) in [5.41, 5.74) is 5.27. The maximum atomic E-state index is 12.0. The van der Waals surface area contributed by atoms with Crippen LogP contribution in [-0.2, 0) is 6.54 Å². The topological polar surface area (TPSA) is 65.2 Å². The van der Waals surface area contributed by atoms with E-state index in [1.165, 1.54) is 0 Å². The van der Waals surface area contributed by atoms with Crippen molar-refractivity contribution in [3.8, 4) is 5.75 Å². The van der Waals surface area contributed by atoms with E-state index in [1.807, 2.05) is 0 Å². The van der Waals surface area contributed by atoms with Crippen LogP contribution in [0.4, 0.5) is 13.2 Å². The van der Waals surface area contributed by atoms with E-state index in [2.05, 4.69) is 9.72 Å². The van der Waals surface area contributed by atoms with Crippen molar-refractivity contribution in [2.75, 3.05) is 0 Å². The molecule has 1 rings (SSSR count). The van der Waals surface area contributed by atoms with Gasteiger partial charge in [-0.25, -0.2) is 4.98 Å². The van der Waals surface area contributed by atoms with Crippen LogP contribution in [-0.4, -0.2) is 17.6 Å². The molecule has 0 aliphatic carbocycles. The van der Waals surface area contributed by atoms with Gasteiger partial charge >= 0.3 is 6.36 Å². The number of carbonyl (C=O) groups excluding carboxylic acids is 1. The van der Waals surface area contributed by atoms with Gasteiger partial charge in [-0.2, -0.15) is 0 Å². The molecule has 0 fully saturated rings. The van der Waals surface area contributed by atoms with E-state index in [-0.39, 0.29) is 21.5 Å². The summed E-state index contributed by atoms with van der Waals surface area (Å²) in [7, 11) is 0. The zero-order valence-corrected chi connectivity index (χ0v) is 9.87. The minimum Gasteiger partial charge on any atom is -0.405 e. The Labute approximate surface area is 102 Å². The van der Waals surface area contributed by atoms with Crippen LogP contribution in [0.1, 0.15) is 16.2 Å². The predicted octanol–water partition coefficient (Wildman–Crippen LogP) is 1.86. The lowest BCUT2D eigenvalue weighted by atomic mass is 10.3. The Kier molecular flexibility index (Phi) is 4.08. The first-order chi connectivity index (χ1) is 7.37. The van der Waals surface area contributed by atoms with Gasteiger partial charge in [-0.3, -0.25) is 4.79 Å². The van der Waals surface area contributed by atoms with Gasteiger partial charge in [-0.1, -0.05) is 0 Å². The first-order valence-corrected chi connectivity index (χ1v) is 5.05. The molecule has 88 valence electrons. The molecule has 0 amide bonds. The minimum absolute atomic E-state index is 0.00197. The van der Waals surface area contributed by atoms with E-state index in [0.29, 0.717) is 6.29 Å². The Morgan fingerprint density at radius 2 is 2.19 bits per heavy atom. The van der Waals surface area contributed by atoms with E-state index < -0.39 is 12.1 Å². The molecule has 0 spiro atoms. The number of nitrogens with zero attached hydrogens (tertiary/aromatic N) is 1. The normalized spacial score (nSPS) is 11.3. The molecule has 16 heavy (non-hydrogen) atoms. The van der Waals surface area contributed by atoms with Gasteiger partial charge in [0.25, 0.3) is 0 Å². The number of aromatic nitrogens is 1. The van der Waals surface area contributed by atoms with Crippen LogP contribution >= 0.6 is 22.6 Å². The van der Waals surface area contributed by atoms with Crippen molar-refractivity contribution < 1.29 is 22.7 Å². The summed E-state index contributed by atoms with van der Waals surface area (Å²) in [6.07, 6.45) is -4.46. The number of rotatable bonds is 3. The summed E-state index contributed by atoms with van der Waals surface area (Å²) in [6, 6.07) is 1.06. The van der Waals surface area contributed by atoms with Gasteiger partial charge in [0.2, 0.25) is 0 Å². The van der Waals surface area contributed by atoms with Crippen molar-refractivity contribution in [3.05, 3.63) is 21.0 Å². The molecule has 0 aliphatic rings. The number of alkyl halides is 3. The molecule has 1 aromatic rings. The second-order valence-corrected chi connectivity index (χ2v) is 3.76. The number of ether oxygens (including phenoxy) is 1. The van der Waals surface area contributed by atoms with Gasteiger partial charge in [0.15, 0.2) is 6.29 Å². The SMILES string of the molecule is NCc1cc(OC(F)(F)F)c(I)c(C=O)n1. The van der Waals surface area contributed by atoms with E-state index in [1.54, 1.807) is 22.6 Å². The lowest BCUT2D eigenvalue weighted by Crippen LogP contribution is -2.19. The van der Waals surface area contributed by atoms with Gasteiger partial charge in [-0.05, 0) is 22.6 Å². The van der Waals surface area contributed by atoms with Crippen LogP contribution in [0.5, 0.6) is 5.75 Å². The van der Waals surface area contributed by atoms with Crippen molar-refractivity contribution in [3.63, 3.8) is 0 Å². The summed E-state index contributed by atoms with van der Waals surface area (Å²) >= 11 is 1.55. The molecular formula is C8H6F3IN2O2. The van der Waals surface area contributed by atoms with Crippen molar-refractivity contribution in [1.82, 2.24) is 4.98 Å². The number of hydrogen-bond donors (Lipinski definition) is 1. The number of aldehydes is 1. The van der Waals surface area contributed by atoms with Crippen LogP contribution in [0.15, 0.2) is 6.07 Å². The van der Waals surface area contributed by atoms with E-state index >= 15 is 0 Å². The molecule has 1 aromatic heterocycles. The maximum Gasteiger partial charge on any atom is 0.573 e. The third-order valence-electron chi connectivity index (χ3n) is 1.55. The highest BCUT2D eigenvalue weighted by molar-refractivity contribution is 14.1. The molecule has 8 heteroatoms. The van der Waals surface area contributed by atoms with Crippen LogP contribution < -0.4 is 10.5 Å². The van der Waals surface area contributed by atoms with E-state index in [0.717, 1.165) is 6.07 Å². The molecule has 0 bridgehead atoms. The quantitative estimate of drug-likeness (QED) is 0.670. The lowest BCUT2D eigenvalue weighted by Gasteiger charge is -2.12. The van der Waals surface area contributed by atoms with Crippen LogP contribution in [0.2, 0.25) is 0 Å². The van der Waals surface area contributed by atoms with Gasteiger partial charge in [0, 0.05) is 12.6 Å². The van der Waals surface area contributed by atoms with Crippen molar-refractivity contribution in [2.24, 2.45) is 5.73 Å². The highest BCUT2D eigenvalue weighted by Gasteiger charge is 2.32. The molecule has 0 aromatic carbocycles. The zero-order valence-electron chi connectivity index (χ0n) is 7.71. The average Bonchev–Trinajstić information content (AvgIpc) is 2.19. The Balaban J connectivity index is 3.21. The zero-order chi connectivity index (χ0) is 12.3. The van der Waals surface area contributed by atoms with Crippen LogP contribution in [0.3, 0.4) is 0 Å². The summed E-state index contributed by atoms with van der Waals surface area (Å²) in [6.45, 7) is -0.0774. The monoisotopic (exact) mass is 346 g/mol. The van der Waals surface area contributed by atoms with Gasteiger partial charge in [0.1, 0.15) is 11.4 Å². The second kappa shape index (κ2) is 4.95. The number of halogens is 4. The number of nitrogens with two attached hydrogens (primary N) is 1. The van der Waals surface area contributed by atoms with Crippen molar-refractivity contribution in [1.29, 1.82) is 0 Å². The number of hydrogen-bond acceptors (Lipinski definition) is 4. The average molecular weight is 346 g/mol. The van der Waals surface area contributed by atoms with Crippen molar-refractivity contribution >= 4 is 28.9 Å². The largest absolute Gasteiger partial charge is 0.573 e. The molecule has 0 saturated carbocycles. The van der Waals surface area contributed by atoms with Gasteiger partial charge < -0.3 is 10.5 Å². The van der Waals surface area contributed by atoms with Crippen LogP contribution in [0, 0.1) is 3.57 Å². The molecule has 1 heterocycles. The fourth-order valence-electron chi connectivity index (χ4n) is 0.959. The molecule has 0 radical (unpaired) electrons. The Morgan fingerprint density at radius 1 is 1.56 bits per heavy atom. The predicted molar refractivity (Wildman–Crippen MR) is 56.9 cm³/mol. The molecule has 0 aliphatic heterocycles. The van der Waals surface area contributed by atoms with Gasteiger partial charge in [-0.15, -0.1) is 13.2 Å². The fraction of sp³-hybridized carbons (Fsp3) is 0.250. The Hall–Kier alpha value is -0.900. The smallest absolute Gasteiger partial charge is 0.405 e. The van der Waals surface area contributed by atoms with E-state index in [9.17, 15) is 18.0 Å². The summed E-state index contributed by atoms with van der Waals surface area (Å²) in [5, 5.41) is 0. The molecule has 4 nitrogen and oxygen atoms in total. The van der Waals surface area contributed by atoms with Gasteiger partial charge in [0.05, 0.1) is 9.26 Å². The second-order valence-electron chi connectivity index (χ2n) is 2.68. The molecule has 0 atom stereocenters. The molecule has 0 unspecified atom stereocenters. The highest BCUT2D eigenvalue weighted by atomic mass is 127. The summed E-state index contributed by atoms with van der Waals surface area (Å²) in [5.74, 6) is -0.467. The Morgan fingerprint density at radius 3 is 2.62 bits per heavy atom. The first kappa shape index (κ1) is 13.2. The number of carbonyl (C=O) groups is 1. The standard InChI is InChI=1S/C8H6F3IN2O2/c9-8(10,11)16-6-1-4(2-13)14-5(3-15)7(6)12/h1,3H,2,13H2. The minimum atomic E-state index is -4.81. The highest BCUT2D eigenvalue weighted by Crippen LogP contribution is 2.29. The summed E-state index contributed by atoms with van der Waals surface area (Å²) < 4.78 is 39.8. The maximum absolute atomic E-state index is 12.0. The van der Waals surface area contributed by atoms with E-state index in [4.69, 9.17) is 5.73 Å². The Bertz CT molecular complexity index is 409. The molecule has 0 saturated heterocycles. The third kappa shape index (κ3) is 3.30. The lowest BCUT2D eigenvalue weighted by molar-refractivity contribution is -0.275. The summed E-state index contributed by atoms with van der Waals surface area (Å²) in [4.78, 5) is 14.3. The number of pyridine rings is 1. The third-order valence-corrected chi connectivity index (χ3v) is 2.63. The van der Waals surface area contributed by atoms with Crippen LogP contribution in [0.25, 0.3) is 0 Å². The molecular weight excluding hydrogens is 340 g/mol. The fourth-order valence-corrected chi connectivity index (χ4v) is 1.47. The molecule has 2 N–H and O–H groups in total. The van der Waals surface area contributed by atoms with Crippen molar-refractivity contribution in [2.45, 2.75) is 12.9 Å².